The Hall–Kier alpha value is -1.00. The minimum Gasteiger partial charge on any atom is -0.361 e. The van der Waals surface area contributed by atoms with Gasteiger partial charge in [-0.2, -0.15) is 0 Å². The van der Waals surface area contributed by atoms with E-state index in [0.29, 0.717) is 6.04 Å². The Bertz CT molecular complexity index is 418. The van der Waals surface area contributed by atoms with E-state index < -0.39 is 0 Å². The van der Waals surface area contributed by atoms with E-state index in [1.54, 1.807) is 0 Å². The van der Waals surface area contributed by atoms with E-state index in [1.807, 2.05) is 11.8 Å². The lowest BCUT2D eigenvalue weighted by atomic mass is 10.2. The molecule has 2 aliphatic heterocycles. The van der Waals surface area contributed by atoms with Gasteiger partial charge in [-0.1, -0.05) is 42.1 Å². The summed E-state index contributed by atoms with van der Waals surface area (Å²) in [5.74, 6) is 1.14. The van der Waals surface area contributed by atoms with Gasteiger partial charge in [0.05, 0.1) is 6.54 Å². The van der Waals surface area contributed by atoms with Crippen LogP contribution in [0.15, 0.2) is 35.3 Å². The molecule has 3 rings (SSSR count). The van der Waals surface area contributed by atoms with Crippen LogP contribution in [0.2, 0.25) is 0 Å². The summed E-state index contributed by atoms with van der Waals surface area (Å²) in [7, 11) is 0. The molecule has 0 saturated carbocycles. The van der Waals surface area contributed by atoms with Gasteiger partial charge >= 0.3 is 0 Å². The van der Waals surface area contributed by atoms with Gasteiger partial charge in [0.2, 0.25) is 0 Å². The first-order valence-corrected chi connectivity index (χ1v) is 7.59. The van der Waals surface area contributed by atoms with Crippen LogP contribution in [0.4, 0.5) is 0 Å². The highest BCUT2D eigenvalue weighted by molar-refractivity contribution is 8.14. The maximum atomic E-state index is 4.46. The fourth-order valence-corrected chi connectivity index (χ4v) is 3.34. The third-order valence-corrected chi connectivity index (χ3v) is 4.34. The zero-order valence-corrected chi connectivity index (χ0v) is 11.3. The zero-order valence-electron chi connectivity index (χ0n) is 10.5. The monoisotopic (exact) mass is 261 g/mol. The van der Waals surface area contributed by atoms with E-state index in [2.05, 4.69) is 45.5 Å². The Labute approximate surface area is 113 Å². The van der Waals surface area contributed by atoms with Crippen LogP contribution in [-0.4, -0.2) is 41.5 Å². The van der Waals surface area contributed by atoms with Gasteiger partial charge in [0.15, 0.2) is 5.17 Å². The molecule has 18 heavy (non-hydrogen) atoms. The van der Waals surface area contributed by atoms with Crippen molar-refractivity contribution >= 4 is 16.9 Å². The highest BCUT2D eigenvalue weighted by Gasteiger charge is 2.23. The van der Waals surface area contributed by atoms with E-state index in [4.69, 9.17) is 0 Å². The predicted molar refractivity (Wildman–Crippen MR) is 78.0 cm³/mol. The summed E-state index contributed by atoms with van der Waals surface area (Å²) < 4.78 is 0. The lowest BCUT2D eigenvalue weighted by Gasteiger charge is -2.17. The number of amidine groups is 1. The number of likely N-dealkylation sites (tertiary alicyclic amines) is 1. The second-order valence-corrected chi connectivity index (χ2v) is 5.97. The van der Waals surface area contributed by atoms with Crippen LogP contribution >= 0.6 is 11.8 Å². The van der Waals surface area contributed by atoms with Crippen molar-refractivity contribution in [3.8, 4) is 0 Å². The first kappa shape index (κ1) is 12.1. The van der Waals surface area contributed by atoms with Crippen LogP contribution in [0.5, 0.6) is 0 Å². The van der Waals surface area contributed by atoms with Crippen molar-refractivity contribution in [1.82, 2.24) is 10.2 Å². The molecule has 1 atom stereocenters. The van der Waals surface area contributed by atoms with Gasteiger partial charge in [0.1, 0.15) is 0 Å². The summed E-state index contributed by atoms with van der Waals surface area (Å²) in [6.45, 7) is 4.37. The van der Waals surface area contributed by atoms with Crippen LogP contribution in [0, 0.1) is 0 Å². The van der Waals surface area contributed by atoms with E-state index in [-0.39, 0.29) is 0 Å². The van der Waals surface area contributed by atoms with E-state index in [1.165, 1.54) is 18.5 Å². The molecule has 2 heterocycles. The van der Waals surface area contributed by atoms with Gasteiger partial charge in [-0.25, -0.2) is 0 Å². The normalized spacial score (nSPS) is 24.2. The number of rotatable bonds is 3. The quantitative estimate of drug-likeness (QED) is 0.901. The third kappa shape index (κ3) is 3.06. The molecule has 1 saturated heterocycles. The fraction of sp³-hybridized carbons (Fsp3) is 0.500. The molecule has 1 aromatic rings. The smallest absolute Gasteiger partial charge is 0.156 e. The van der Waals surface area contributed by atoms with Crippen molar-refractivity contribution in [3.63, 3.8) is 0 Å². The minimum atomic E-state index is 0.582. The van der Waals surface area contributed by atoms with Gasteiger partial charge in [-0.15, -0.1) is 0 Å². The third-order valence-electron chi connectivity index (χ3n) is 3.43. The number of hydrogen-bond donors (Lipinski definition) is 1. The van der Waals surface area contributed by atoms with Gasteiger partial charge in [-0.3, -0.25) is 9.89 Å². The van der Waals surface area contributed by atoms with E-state index in [9.17, 15) is 0 Å². The van der Waals surface area contributed by atoms with E-state index >= 15 is 0 Å². The van der Waals surface area contributed by atoms with E-state index in [0.717, 1.165) is 30.6 Å². The number of hydrogen-bond acceptors (Lipinski definition) is 4. The van der Waals surface area contributed by atoms with Crippen LogP contribution < -0.4 is 5.32 Å². The maximum Gasteiger partial charge on any atom is 0.156 e. The highest BCUT2D eigenvalue weighted by Crippen LogP contribution is 2.16. The van der Waals surface area contributed by atoms with Crippen LogP contribution in [-0.2, 0) is 6.54 Å². The number of thioether (sulfide) groups is 1. The first-order valence-electron chi connectivity index (χ1n) is 6.60. The summed E-state index contributed by atoms with van der Waals surface area (Å²) in [6, 6.07) is 11.3. The van der Waals surface area contributed by atoms with Crippen molar-refractivity contribution in [3.05, 3.63) is 35.9 Å². The molecular weight excluding hydrogens is 242 g/mol. The Morgan fingerprint density at radius 1 is 1.33 bits per heavy atom. The van der Waals surface area contributed by atoms with Crippen molar-refractivity contribution in [2.24, 2.45) is 4.99 Å². The van der Waals surface area contributed by atoms with Gasteiger partial charge in [-0.05, 0) is 12.0 Å². The number of benzene rings is 1. The van der Waals surface area contributed by atoms with Crippen molar-refractivity contribution in [1.29, 1.82) is 0 Å². The fourth-order valence-electron chi connectivity index (χ4n) is 2.53. The zero-order chi connectivity index (χ0) is 12.2. The summed E-state index contributed by atoms with van der Waals surface area (Å²) >= 11 is 1.85. The Balaban J connectivity index is 1.49. The van der Waals surface area contributed by atoms with Gasteiger partial charge < -0.3 is 5.32 Å². The van der Waals surface area contributed by atoms with Crippen molar-refractivity contribution in [2.75, 3.05) is 25.4 Å². The van der Waals surface area contributed by atoms with Crippen LogP contribution in [0.3, 0.4) is 0 Å². The molecule has 1 N–H and O–H groups in total. The molecule has 0 aromatic heterocycles. The molecule has 2 aliphatic rings. The highest BCUT2D eigenvalue weighted by atomic mass is 32.2. The summed E-state index contributed by atoms with van der Waals surface area (Å²) in [5.41, 5.74) is 1.41. The van der Waals surface area contributed by atoms with Crippen molar-refractivity contribution < 1.29 is 0 Å². The Kier molecular flexibility index (Phi) is 3.86. The topological polar surface area (TPSA) is 27.6 Å². The number of aliphatic imine (C=N–C) groups is 1. The summed E-state index contributed by atoms with van der Waals surface area (Å²) in [5, 5.41) is 4.72. The lowest BCUT2D eigenvalue weighted by molar-refractivity contribution is 0.324. The van der Waals surface area contributed by atoms with Crippen molar-refractivity contribution in [2.45, 2.75) is 19.0 Å². The SMILES string of the molecule is c1ccc(CN2CCC(NC3=NCCS3)C2)cc1. The molecular formula is C14H19N3S. The molecule has 96 valence electrons. The van der Waals surface area contributed by atoms with Gasteiger partial charge in [0.25, 0.3) is 0 Å². The predicted octanol–water partition coefficient (Wildman–Crippen LogP) is 1.95. The maximum absolute atomic E-state index is 4.46. The first-order chi connectivity index (χ1) is 8.90. The number of nitrogens with one attached hydrogen (secondary N) is 1. The number of nitrogens with zero attached hydrogens (tertiary/aromatic N) is 2. The average Bonchev–Trinajstić information content (AvgIpc) is 3.03. The Morgan fingerprint density at radius 3 is 3.00 bits per heavy atom. The molecule has 3 nitrogen and oxygen atoms in total. The van der Waals surface area contributed by atoms with Crippen LogP contribution in [0.25, 0.3) is 0 Å². The second-order valence-electron chi connectivity index (χ2n) is 4.89. The molecule has 0 spiro atoms. The summed E-state index contributed by atoms with van der Waals surface area (Å²) in [4.78, 5) is 6.98. The molecule has 0 bridgehead atoms. The lowest BCUT2D eigenvalue weighted by Crippen LogP contribution is -2.35. The van der Waals surface area contributed by atoms with Crippen LogP contribution in [0.1, 0.15) is 12.0 Å². The largest absolute Gasteiger partial charge is 0.361 e. The molecule has 1 aromatic carbocycles. The molecule has 0 radical (unpaired) electrons. The standard InChI is InChI=1S/C14H19N3S/c1-2-4-12(5-3-1)10-17-8-6-13(11-17)16-14-15-7-9-18-14/h1-5,13H,6-11H2,(H,15,16). The molecule has 1 fully saturated rings. The molecule has 0 aliphatic carbocycles. The average molecular weight is 261 g/mol. The molecule has 1 unspecified atom stereocenters. The minimum absolute atomic E-state index is 0.582. The Morgan fingerprint density at radius 2 is 2.22 bits per heavy atom. The molecule has 4 heteroatoms. The second kappa shape index (κ2) is 5.76. The molecule has 0 amide bonds. The summed E-state index contributed by atoms with van der Waals surface area (Å²) in [6.07, 6.45) is 1.23. The van der Waals surface area contributed by atoms with Gasteiger partial charge in [0, 0.05) is 31.4 Å².